The third-order valence-electron chi connectivity index (χ3n) is 3.39. The summed E-state index contributed by atoms with van der Waals surface area (Å²) in [6.45, 7) is 2.36. The summed E-state index contributed by atoms with van der Waals surface area (Å²) >= 11 is 0. The molecular weight excluding hydrogens is 266 g/mol. The van der Waals surface area contributed by atoms with E-state index in [9.17, 15) is 4.79 Å². The van der Waals surface area contributed by atoms with Crippen LogP contribution in [0, 0.1) is 0 Å². The van der Waals surface area contributed by atoms with Gasteiger partial charge in [0.05, 0.1) is 7.11 Å². The molecule has 0 bridgehead atoms. The Kier molecular flexibility index (Phi) is 5.00. The number of nitrogens with one attached hydrogen (secondary N) is 2. The van der Waals surface area contributed by atoms with E-state index in [1.165, 1.54) is 0 Å². The summed E-state index contributed by atoms with van der Waals surface area (Å²) in [6.07, 6.45) is 3.89. The van der Waals surface area contributed by atoms with Crippen LogP contribution in [0.2, 0.25) is 0 Å². The van der Waals surface area contributed by atoms with Gasteiger partial charge in [0.2, 0.25) is 5.91 Å². The van der Waals surface area contributed by atoms with Gasteiger partial charge in [-0.2, -0.15) is 0 Å². The number of hydrogen-bond acceptors (Lipinski definition) is 3. The fourth-order valence-electron chi connectivity index (χ4n) is 2.05. The first kappa shape index (κ1) is 15.1. The lowest BCUT2D eigenvalue weighted by Gasteiger charge is -2.08. The molecule has 0 fully saturated rings. The molecule has 1 unspecified atom stereocenters. The zero-order valence-electron chi connectivity index (χ0n) is 12.6. The molecule has 0 aliphatic rings. The number of rotatable bonds is 6. The highest BCUT2D eigenvalue weighted by molar-refractivity contribution is 5.90. The van der Waals surface area contributed by atoms with Gasteiger partial charge in [-0.25, -0.2) is 0 Å². The number of carbonyl (C=O) groups is 1. The van der Waals surface area contributed by atoms with Gasteiger partial charge in [0, 0.05) is 30.2 Å². The van der Waals surface area contributed by atoms with Crippen molar-refractivity contribution in [1.29, 1.82) is 0 Å². The molecular formula is C16H21N3O2. The molecule has 112 valence electrons. The van der Waals surface area contributed by atoms with Crippen molar-refractivity contribution >= 4 is 11.6 Å². The van der Waals surface area contributed by atoms with Crippen molar-refractivity contribution in [1.82, 2.24) is 9.88 Å². The topological polar surface area (TPSA) is 55.3 Å². The first-order chi connectivity index (χ1) is 10.1. The van der Waals surface area contributed by atoms with E-state index in [4.69, 9.17) is 4.74 Å². The maximum Gasteiger partial charge on any atom is 0.244 e. The molecule has 0 aliphatic carbocycles. The summed E-state index contributed by atoms with van der Waals surface area (Å²) in [5, 5.41) is 6.03. The molecule has 0 saturated carbocycles. The maximum atomic E-state index is 12.0. The Morgan fingerprint density at radius 1 is 1.38 bits per heavy atom. The third kappa shape index (κ3) is 4.10. The fourth-order valence-corrected chi connectivity index (χ4v) is 2.05. The van der Waals surface area contributed by atoms with Gasteiger partial charge in [-0.15, -0.1) is 0 Å². The molecule has 5 nitrogen and oxygen atoms in total. The Morgan fingerprint density at radius 2 is 2.19 bits per heavy atom. The number of methoxy groups -OCH3 is 1. The van der Waals surface area contributed by atoms with E-state index in [1.807, 2.05) is 48.3 Å². The van der Waals surface area contributed by atoms with Crippen molar-refractivity contribution in [2.75, 3.05) is 19.5 Å². The molecule has 1 aromatic carbocycles. The van der Waals surface area contributed by atoms with Crippen LogP contribution >= 0.6 is 0 Å². The predicted octanol–water partition coefficient (Wildman–Crippen LogP) is 2.42. The summed E-state index contributed by atoms with van der Waals surface area (Å²) in [4.78, 5) is 12.0. The monoisotopic (exact) mass is 287 g/mol. The van der Waals surface area contributed by atoms with Crippen LogP contribution in [0.5, 0.6) is 5.75 Å². The minimum atomic E-state index is -0.0671. The summed E-state index contributed by atoms with van der Waals surface area (Å²) in [5.74, 6) is 0.654. The van der Waals surface area contributed by atoms with Gasteiger partial charge in [0.25, 0.3) is 0 Å². The number of nitrogens with zero attached hydrogens (tertiary/aromatic N) is 1. The minimum Gasteiger partial charge on any atom is -0.497 e. The van der Waals surface area contributed by atoms with Crippen LogP contribution in [0.3, 0.4) is 0 Å². The second kappa shape index (κ2) is 6.95. The molecule has 5 heteroatoms. The summed E-state index contributed by atoms with van der Waals surface area (Å²) in [5.41, 5.74) is 1.89. The van der Waals surface area contributed by atoms with Crippen LogP contribution in [0.15, 0.2) is 42.7 Å². The smallest absolute Gasteiger partial charge is 0.244 e. The largest absolute Gasteiger partial charge is 0.497 e. The molecule has 0 radical (unpaired) electrons. The molecule has 0 spiro atoms. The van der Waals surface area contributed by atoms with Crippen molar-refractivity contribution in [3.8, 4) is 5.75 Å². The van der Waals surface area contributed by atoms with Crippen LogP contribution in [0.1, 0.15) is 18.5 Å². The van der Waals surface area contributed by atoms with Crippen molar-refractivity contribution in [3.63, 3.8) is 0 Å². The molecule has 0 aliphatic heterocycles. The van der Waals surface area contributed by atoms with Gasteiger partial charge in [0.1, 0.15) is 12.3 Å². The Hall–Kier alpha value is -2.27. The SMILES string of the molecule is CNC(C)c1ccn(CC(=O)Nc2cccc(OC)c2)c1. The first-order valence-electron chi connectivity index (χ1n) is 6.89. The highest BCUT2D eigenvalue weighted by Gasteiger charge is 2.07. The molecule has 1 amide bonds. The number of amides is 1. The molecule has 1 heterocycles. The number of hydrogen-bond donors (Lipinski definition) is 2. The fraction of sp³-hybridized carbons (Fsp3) is 0.312. The Bertz CT molecular complexity index is 607. The predicted molar refractivity (Wildman–Crippen MR) is 83.5 cm³/mol. The normalized spacial score (nSPS) is 12.0. The Labute approximate surface area is 124 Å². The minimum absolute atomic E-state index is 0.0671. The summed E-state index contributed by atoms with van der Waals surface area (Å²) in [7, 11) is 3.52. The maximum absolute atomic E-state index is 12.0. The Morgan fingerprint density at radius 3 is 2.90 bits per heavy atom. The van der Waals surface area contributed by atoms with Crippen LogP contribution in [-0.2, 0) is 11.3 Å². The average Bonchev–Trinajstić information content (AvgIpc) is 2.94. The standard InChI is InChI=1S/C16H21N3O2/c1-12(17-2)13-7-8-19(10-13)11-16(20)18-14-5-4-6-15(9-14)21-3/h4-10,12,17H,11H2,1-3H3,(H,18,20). The first-order valence-corrected chi connectivity index (χ1v) is 6.89. The van der Waals surface area contributed by atoms with E-state index in [1.54, 1.807) is 13.2 Å². The lowest BCUT2D eigenvalue weighted by Crippen LogP contribution is -2.18. The second-order valence-electron chi connectivity index (χ2n) is 4.91. The van der Waals surface area contributed by atoms with Crippen molar-refractivity contribution < 1.29 is 9.53 Å². The summed E-state index contributed by atoms with van der Waals surface area (Å²) in [6, 6.07) is 9.60. The van der Waals surface area contributed by atoms with Gasteiger partial charge < -0.3 is 19.9 Å². The zero-order valence-corrected chi connectivity index (χ0v) is 12.6. The van der Waals surface area contributed by atoms with Crippen molar-refractivity contribution in [3.05, 3.63) is 48.3 Å². The summed E-state index contributed by atoms with van der Waals surface area (Å²) < 4.78 is 7.01. The molecule has 0 saturated heterocycles. The van der Waals surface area contributed by atoms with Crippen LogP contribution in [0.4, 0.5) is 5.69 Å². The molecule has 2 aromatic rings. The van der Waals surface area contributed by atoms with E-state index in [-0.39, 0.29) is 18.5 Å². The van der Waals surface area contributed by atoms with Crippen molar-refractivity contribution in [2.45, 2.75) is 19.5 Å². The van der Waals surface area contributed by atoms with E-state index in [0.29, 0.717) is 0 Å². The van der Waals surface area contributed by atoms with Gasteiger partial charge in [-0.1, -0.05) is 6.07 Å². The number of carbonyl (C=O) groups excluding carboxylic acids is 1. The number of aromatic nitrogens is 1. The van der Waals surface area contributed by atoms with Gasteiger partial charge in [-0.3, -0.25) is 4.79 Å². The quantitative estimate of drug-likeness (QED) is 0.858. The highest BCUT2D eigenvalue weighted by atomic mass is 16.5. The second-order valence-corrected chi connectivity index (χ2v) is 4.91. The lowest BCUT2D eigenvalue weighted by molar-refractivity contribution is -0.116. The van der Waals surface area contributed by atoms with E-state index in [2.05, 4.69) is 17.6 Å². The third-order valence-corrected chi connectivity index (χ3v) is 3.39. The molecule has 2 N–H and O–H groups in total. The zero-order chi connectivity index (χ0) is 15.2. The van der Waals surface area contributed by atoms with E-state index < -0.39 is 0 Å². The molecule has 21 heavy (non-hydrogen) atoms. The average molecular weight is 287 g/mol. The van der Waals surface area contributed by atoms with Gasteiger partial charge in [0.15, 0.2) is 0 Å². The van der Waals surface area contributed by atoms with Crippen LogP contribution < -0.4 is 15.4 Å². The van der Waals surface area contributed by atoms with E-state index >= 15 is 0 Å². The number of benzene rings is 1. The number of anilines is 1. The molecule has 2 rings (SSSR count). The van der Waals surface area contributed by atoms with Crippen molar-refractivity contribution in [2.24, 2.45) is 0 Å². The molecule has 1 atom stereocenters. The molecule has 1 aromatic heterocycles. The van der Waals surface area contributed by atoms with Gasteiger partial charge in [-0.05, 0) is 37.7 Å². The lowest BCUT2D eigenvalue weighted by atomic mass is 10.2. The highest BCUT2D eigenvalue weighted by Crippen LogP contribution is 2.17. The number of ether oxygens (including phenoxy) is 1. The van der Waals surface area contributed by atoms with E-state index in [0.717, 1.165) is 17.0 Å². The Balaban J connectivity index is 1.96. The van der Waals surface area contributed by atoms with Crippen LogP contribution in [-0.4, -0.2) is 24.6 Å². The van der Waals surface area contributed by atoms with Crippen LogP contribution in [0.25, 0.3) is 0 Å². The van der Waals surface area contributed by atoms with Gasteiger partial charge >= 0.3 is 0 Å².